The van der Waals surface area contributed by atoms with Crippen molar-refractivity contribution in [1.29, 1.82) is 0 Å². The third kappa shape index (κ3) is 5.25. The van der Waals surface area contributed by atoms with Crippen LogP contribution >= 0.6 is 24.8 Å². The number of carbonyl (C=O) groups is 1. The quantitative estimate of drug-likeness (QED) is 0.672. The van der Waals surface area contributed by atoms with Crippen LogP contribution in [0.4, 0.5) is 8.78 Å². The lowest BCUT2D eigenvalue weighted by molar-refractivity contribution is -0.142. The molecule has 0 aromatic carbocycles. The Morgan fingerprint density at radius 1 is 1.47 bits per heavy atom. The van der Waals surface area contributed by atoms with Gasteiger partial charge in [-0.3, -0.25) is 4.79 Å². The molecule has 1 heterocycles. The molecule has 0 aliphatic heterocycles. The van der Waals surface area contributed by atoms with Crippen LogP contribution in [0.3, 0.4) is 0 Å². The molecular weight excluding hydrogens is 277 g/mol. The van der Waals surface area contributed by atoms with Crippen LogP contribution in [0.2, 0.25) is 0 Å². The van der Waals surface area contributed by atoms with Gasteiger partial charge in [-0.15, -0.1) is 24.8 Å². The smallest absolute Gasteiger partial charge is 0.322 e. The van der Waals surface area contributed by atoms with E-state index in [9.17, 15) is 13.6 Å². The van der Waals surface area contributed by atoms with Gasteiger partial charge in [0.05, 0.1) is 7.11 Å². The molecule has 0 spiro atoms. The first-order valence-corrected chi connectivity index (χ1v) is 4.19. The highest BCUT2D eigenvalue weighted by molar-refractivity contribution is 5.85. The van der Waals surface area contributed by atoms with Crippen LogP contribution in [0.1, 0.15) is 5.56 Å². The average molecular weight is 289 g/mol. The maximum Gasteiger partial charge on any atom is 0.322 e. The van der Waals surface area contributed by atoms with Crippen LogP contribution in [0.5, 0.6) is 0 Å². The van der Waals surface area contributed by atoms with E-state index in [1.54, 1.807) is 0 Å². The number of aromatic nitrogens is 1. The Labute approximate surface area is 109 Å². The molecule has 98 valence electrons. The molecule has 0 radical (unpaired) electrons. The van der Waals surface area contributed by atoms with E-state index in [0.717, 1.165) is 6.07 Å². The third-order valence-electron chi connectivity index (χ3n) is 1.84. The summed E-state index contributed by atoms with van der Waals surface area (Å²) < 4.78 is 29.8. The van der Waals surface area contributed by atoms with Gasteiger partial charge in [0.1, 0.15) is 6.04 Å². The molecule has 0 aliphatic rings. The first-order chi connectivity index (χ1) is 7.04. The second-order valence-electron chi connectivity index (χ2n) is 2.92. The minimum atomic E-state index is -0.975. The number of nitrogens with zero attached hydrogens (tertiary/aromatic N) is 1. The first kappa shape index (κ1) is 18.4. The van der Waals surface area contributed by atoms with Crippen molar-refractivity contribution in [3.8, 4) is 0 Å². The number of pyridine rings is 1. The summed E-state index contributed by atoms with van der Waals surface area (Å²) >= 11 is 0. The van der Waals surface area contributed by atoms with Crippen LogP contribution in [0, 0.1) is 11.9 Å². The number of hydrogen-bond acceptors (Lipinski definition) is 4. The highest BCUT2D eigenvalue weighted by Crippen LogP contribution is 2.08. The Balaban J connectivity index is 0. The molecule has 0 saturated heterocycles. The average Bonchev–Trinajstić information content (AvgIpc) is 2.20. The van der Waals surface area contributed by atoms with E-state index in [2.05, 4.69) is 9.72 Å². The number of esters is 1. The van der Waals surface area contributed by atoms with Crippen molar-refractivity contribution < 1.29 is 18.3 Å². The van der Waals surface area contributed by atoms with E-state index in [1.165, 1.54) is 13.2 Å². The van der Waals surface area contributed by atoms with Gasteiger partial charge in [-0.25, -0.2) is 0 Å². The van der Waals surface area contributed by atoms with Crippen LogP contribution in [0.25, 0.3) is 0 Å². The number of carbonyl (C=O) groups excluding carboxylic acids is 1. The molecule has 0 amide bonds. The van der Waals surface area contributed by atoms with E-state index in [4.69, 9.17) is 5.73 Å². The second-order valence-corrected chi connectivity index (χ2v) is 2.92. The summed E-state index contributed by atoms with van der Waals surface area (Å²) in [6.07, 6.45) is -0.0776. The largest absolute Gasteiger partial charge is 0.468 e. The molecule has 1 rings (SSSR count). The van der Waals surface area contributed by atoms with Gasteiger partial charge in [0.2, 0.25) is 11.9 Å². The minimum absolute atomic E-state index is 0. The van der Waals surface area contributed by atoms with E-state index in [-0.39, 0.29) is 36.8 Å². The predicted molar refractivity (Wildman–Crippen MR) is 62.3 cm³/mol. The molecule has 1 aromatic rings. The third-order valence-corrected chi connectivity index (χ3v) is 1.84. The highest BCUT2D eigenvalue weighted by Gasteiger charge is 2.17. The molecule has 17 heavy (non-hydrogen) atoms. The summed E-state index contributed by atoms with van der Waals surface area (Å²) in [7, 11) is 1.18. The van der Waals surface area contributed by atoms with Crippen molar-refractivity contribution in [3.63, 3.8) is 0 Å². The summed E-state index contributed by atoms with van der Waals surface area (Å²) in [4.78, 5) is 13.9. The van der Waals surface area contributed by atoms with Crippen molar-refractivity contribution in [2.75, 3.05) is 7.11 Å². The molecule has 0 fully saturated rings. The van der Waals surface area contributed by atoms with E-state index in [0.29, 0.717) is 0 Å². The monoisotopic (exact) mass is 288 g/mol. The molecule has 2 N–H and O–H groups in total. The maximum atomic E-state index is 13.0. The first-order valence-electron chi connectivity index (χ1n) is 4.19. The molecule has 4 nitrogen and oxygen atoms in total. The van der Waals surface area contributed by atoms with Gasteiger partial charge in [0.15, 0.2) is 0 Å². The topological polar surface area (TPSA) is 65.2 Å². The molecule has 1 aromatic heterocycles. The lowest BCUT2D eigenvalue weighted by Crippen LogP contribution is -2.34. The number of methoxy groups -OCH3 is 1. The summed E-state index contributed by atoms with van der Waals surface area (Å²) in [5, 5.41) is 0. The molecule has 1 atom stereocenters. The summed E-state index contributed by atoms with van der Waals surface area (Å²) in [5.41, 5.74) is 5.48. The fourth-order valence-corrected chi connectivity index (χ4v) is 1.06. The van der Waals surface area contributed by atoms with Gasteiger partial charge in [-0.05, 0) is 12.1 Å². The van der Waals surface area contributed by atoms with Crippen molar-refractivity contribution in [2.24, 2.45) is 5.73 Å². The zero-order chi connectivity index (χ0) is 11.4. The predicted octanol–water partition coefficient (Wildman–Crippen LogP) is 1.25. The van der Waals surface area contributed by atoms with Gasteiger partial charge in [-0.1, -0.05) is 0 Å². The van der Waals surface area contributed by atoms with Gasteiger partial charge < -0.3 is 10.5 Å². The van der Waals surface area contributed by atoms with Crippen molar-refractivity contribution in [3.05, 3.63) is 29.6 Å². The Bertz CT molecular complexity index is 380. The van der Waals surface area contributed by atoms with Gasteiger partial charge in [0, 0.05) is 12.0 Å². The standard InChI is InChI=1S/C9H10F2N2O2.2ClH/c1-15-9(14)6(12)4-5-2-3-7(10)13-8(5)11;;/h2-3,6H,4,12H2,1H3;2*1H/t6-;;/m0../s1. The minimum Gasteiger partial charge on any atom is -0.468 e. The summed E-state index contributed by atoms with van der Waals surface area (Å²) in [5.74, 6) is -2.53. The Morgan fingerprint density at radius 2 is 2.06 bits per heavy atom. The number of hydrogen-bond donors (Lipinski definition) is 1. The zero-order valence-electron chi connectivity index (χ0n) is 8.85. The molecule has 0 bridgehead atoms. The fraction of sp³-hybridized carbons (Fsp3) is 0.333. The van der Waals surface area contributed by atoms with Gasteiger partial charge in [0.25, 0.3) is 0 Å². The Kier molecular flexibility index (Phi) is 8.83. The van der Waals surface area contributed by atoms with E-state index < -0.39 is 23.9 Å². The summed E-state index contributed by atoms with van der Waals surface area (Å²) in [6.45, 7) is 0. The molecule has 0 aliphatic carbocycles. The molecular formula is C9H12Cl2F2N2O2. The van der Waals surface area contributed by atoms with Crippen molar-refractivity contribution in [1.82, 2.24) is 4.98 Å². The highest BCUT2D eigenvalue weighted by atomic mass is 35.5. The number of halogens is 4. The molecule has 8 heteroatoms. The van der Waals surface area contributed by atoms with Crippen molar-refractivity contribution >= 4 is 30.8 Å². The van der Waals surface area contributed by atoms with Crippen LogP contribution in [0.15, 0.2) is 12.1 Å². The van der Waals surface area contributed by atoms with E-state index >= 15 is 0 Å². The normalized spacial score (nSPS) is 10.8. The zero-order valence-corrected chi connectivity index (χ0v) is 10.5. The van der Waals surface area contributed by atoms with Gasteiger partial charge in [-0.2, -0.15) is 13.8 Å². The van der Waals surface area contributed by atoms with Gasteiger partial charge >= 0.3 is 5.97 Å². The van der Waals surface area contributed by atoms with Crippen LogP contribution < -0.4 is 5.73 Å². The summed E-state index contributed by atoms with van der Waals surface area (Å²) in [6, 6.07) is 1.22. The number of nitrogens with two attached hydrogens (primary N) is 1. The fourth-order valence-electron chi connectivity index (χ4n) is 1.06. The second kappa shape index (κ2) is 8.16. The maximum absolute atomic E-state index is 13.0. The van der Waals surface area contributed by atoms with E-state index in [1.807, 2.05) is 0 Å². The number of ether oxygens (including phenoxy) is 1. The van der Waals surface area contributed by atoms with Crippen molar-refractivity contribution in [2.45, 2.75) is 12.5 Å². The lowest BCUT2D eigenvalue weighted by Gasteiger charge is -2.09. The number of rotatable bonds is 3. The Morgan fingerprint density at radius 3 is 2.53 bits per heavy atom. The van der Waals surface area contributed by atoms with Crippen LogP contribution in [-0.2, 0) is 16.0 Å². The lowest BCUT2D eigenvalue weighted by atomic mass is 10.1. The van der Waals surface area contributed by atoms with Crippen LogP contribution in [-0.4, -0.2) is 24.1 Å². The SMILES string of the molecule is COC(=O)[C@@H](N)Cc1ccc(F)nc1F.Cl.Cl. The Hall–Kier alpha value is -0.980. The molecule has 0 unspecified atom stereocenters. The molecule has 0 saturated carbocycles.